The number of hydrogen-bond acceptors (Lipinski definition) is 3. The summed E-state index contributed by atoms with van der Waals surface area (Å²) in [5.41, 5.74) is 4.74. The Morgan fingerprint density at radius 2 is 1.76 bits per heavy atom. The fourth-order valence-electron chi connectivity index (χ4n) is 3.53. The van der Waals surface area contributed by atoms with E-state index >= 15 is 0 Å². The zero-order chi connectivity index (χ0) is 17.2. The molecule has 3 aromatic carbocycles. The number of hydrogen-bond donors (Lipinski definition) is 0. The maximum absolute atomic E-state index is 5.63. The van der Waals surface area contributed by atoms with Crippen LogP contribution in [0.1, 0.15) is 16.7 Å². The van der Waals surface area contributed by atoms with Gasteiger partial charge in [0.1, 0.15) is 11.5 Å². The van der Waals surface area contributed by atoms with Crippen LogP contribution in [-0.4, -0.2) is 26.5 Å². The van der Waals surface area contributed by atoms with Gasteiger partial charge in [0.2, 0.25) is 0 Å². The summed E-state index contributed by atoms with van der Waals surface area (Å²) in [6.07, 6.45) is 1.73. The van der Waals surface area contributed by atoms with Crippen LogP contribution in [0.15, 0.2) is 59.6 Å². The zero-order valence-electron chi connectivity index (χ0n) is 14.6. The van der Waals surface area contributed by atoms with Gasteiger partial charge in [0.25, 0.3) is 0 Å². The van der Waals surface area contributed by atoms with Crippen molar-refractivity contribution in [2.75, 3.05) is 20.8 Å². The molecule has 1 heterocycles. The zero-order valence-corrected chi connectivity index (χ0v) is 14.6. The first kappa shape index (κ1) is 15.7. The van der Waals surface area contributed by atoms with E-state index < -0.39 is 0 Å². The average molecular weight is 331 g/mol. The molecule has 0 amide bonds. The molecule has 3 heteroatoms. The Balaban J connectivity index is 1.73. The molecule has 0 saturated heterocycles. The summed E-state index contributed by atoms with van der Waals surface area (Å²) in [6.45, 7) is 0.812. The van der Waals surface area contributed by atoms with Crippen LogP contribution in [0.5, 0.6) is 11.5 Å². The van der Waals surface area contributed by atoms with E-state index in [-0.39, 0.29) is 0 Å². The molecule has 0 bridgehead atoms. The summed E-state index contributed by atoms with van der Waals surface area (Å²) in [5, 5.41) is 2.53. The first-order valence-electron chi connectivity index (χ1n) is 8.55. The smallest absolute Gasteiger partial charge is 0.131 e. The van der Waals surface area contributed by atoms with Crippen molar-refractivity contribution in [3.63, 3.8) is 0 Å². The third-order valence-corrected chi connectivity index (χ3v) is 4.77. The van der Waals surface area contributed by atoms with E-state index in [1.54, 1.807) is 14.2 Å². The van der Waals surface area contributed by atoms with Crippen LogP contribution in [0.2, 0.25) is 0 Å². The Morgan fingerprint density at radius 3 is 2.56 bits per heavy atom. The molecule has 3 aromatic rings. The van der Waals surface area contributed by atoms with Crippen molar-refractivity contribution < 1.29 is 9.47 Å². The molecule has 1 aliphatic heterocycles. The van der Waals surface area contributed by atoms with Crippen LogP contribution in [0, 0.1) is 0 Å². The van der Waals surface area contributed by atoms with Crippen LogP contribution < -0.4 is 9.47 Å². The summed E-state index contributed by atoms with van der Waals surface area (Å²) in [5.74, 6) is 1.68. The fourth-order valence-corrected chi connectivity index (χ4v) is 3.53. The molecule has 0 aromatic heterocycles. The van der Waals surface area contributed by atoms with Gasteiger partial charge in [0, 0.05) is 24.6 Å². The highest BCUT2D eigenvalue weighted by molar-refractivity contribution is 6.06. The van der Waals surface area contributed by atoms with E-state index in [9.17, 15) is 0 Å². The SMILES string of the molecule is COc1cc2c(c(OC)c1)C(Cc1ccc3ccccc3c1)=NCC2. The lowest BCUT2D eigenvalue weighted by molar-refractivity contribution is 0.392. The van der Waals surface area contributed by atoms with Gasteiger partial charge < -0.3 is 9.47 Å². The van der Waals surface area contributed by atoms with Crippen molar-refractivity contribution in [1.82, 2.24) is 0 Å². The number of aliphatic imine (C=N–C) groups is 1. The molecule has 0 spiro atoms. The highest BCUT2D eigenvalue weighted by Gasteiger charge is 2.20. The highest BCUT2D eigenvalue weighted by Crippen LogP contribution is 2.33. The van der Waals surface area contributed by atoms with Gasteiger partial charge >= 0.3 is 0 Å². The second kappa shape index (κ2) is 6.60. The summed E-state index contributed by atoms with van der Waals surface area (Å²) in [4.78, 5) is 4.81. The topological polar surface area (TPSA) is 30.8 Å². The average Bonchev–Trinajstić information content (AvgIpc) is 2.67. The van der Waals surface area contributed by atoms with Crippen molar-refractivity contribution in [3.05, 3.63) is 71.3 Å². The van der Waals surface area contributed by atoms with Crippen molar-refractivity contribution in [2.45, 2.75) is 12.8 Å². The molecule has 0 aliphatic carbocycles. The van der Waals surface area contributed by atoms with Gasteiger partial charge in [-0.15, -0.1) is 0 Å². The Hall–Kier alpha value is -2.81. The number of ether oxygens (including phenoxy) is 2. The van der Waals surface area contributed by atoms with E-state index in [0.717, 1.165) is 42.2 Å². The lowest BCUT2D eigenvalue weighted by atomic mass is 9.92. The third kappa shape index (κ3) is 2.98. The molecule has 1 aliphatic rings. The van der Waals surface area contributed by atoms with Crippen LogP contribution in [0.4, 0.5) is 0 Å². The Labute approximate surface area is 147 Å². The normalized spacial score (nSPS) is 13.3. The molecule has 126 valence electrons. The monoisotopic (exact) mass is 331 g/mol. The first-order valence-corrected chi connectivity index (χ1v) is 8.55. The van der Waals surface area contributed by atoms with Crippen LogP contribution in [0.25, 0.3) is 10.8 Å². The fraction of sp³-hybridized carbons (Fsp3) is 0.227. The molecule has 0 radical (unpaired) electrons. The number of benzene rings is 3. The lowest BCUT2D eigenvalue weighted by Crippen LogP contribution is -2.17. The van der Waals surface area contributed by atoms with E-state index in [2.05, 4.69) is 48.5 Å². The van der Waals surface area contributed by atoms with Crippen molar-refractivity contribution in [1.29, 1.82) is 0 Å². The minimum absolute atomic E-state index is 0.806. The predicted molar refractivity (Wildman–Crippen MR) is 102 cm³/mol. The predicted octanol–water partition coefficient (Wildman–Crippen LogP) is 4.44. The molecule has 0 N–H and O–H groups in total. The minimum Gasteiger partial charge on any atom is -0.497 e. The number of methoxy groups -OCH3 is 2. The number of nitrogens with zero attached hydrogens (tertiary/aromatic N) is 1. The summed E-state index contributed by atoms with van der Waals surface area (Å²) in [7, 11) is 3.39. The van der Waals surface area contributed by atoms with Crippen LogP contribution in [0.3, 0.4) is 0 Å². The van der Waals surface area contributed by atoms with Gasteiger partial charge in [0.05, 0.1) is 19.9 Å². The molecule has 0 saturated carbocycles. The van der Waals surface area contributed by atoms with Crippen molar-refractivity contribution in [3.8, 4) is 11.5 Å². The second-order valence-electron chi connectivity index (χ2n) is 6.30. The third-order valence-electron chi connectivity index (χ3n) is 4.77. The van der Waals surface area contributed by atoms with Gasteiger partial charge in [-0.25, -0.2) is 0 Å². The second-order valence-corrected chi connectivity index (χ2v) is 6.30. The molecule has 0 fully saturated rings. The van der Waals surface area contributed by atoms with Crippen molar-refractivity contribution >= 4 is 16.5 Å². The summed E-state index contributed by atoms with van der Waals surface area (Å²) < 4.78 is 11.0. The molecule has 4 rings (SSSR count). The van der Waals surface area contributed by atoms with E-state index in [0.29, 0.717) is 0 Å². The van der Waals surface area contributed by atoms with Gasteiger partial charge in [-0.2, -0.15) is 0 Å². The van der Waals surface area contributed by atoms with Crippen LogP contribution in [-0.2, 0) is 12.8 Å². The maximum Gasteiger partial charge on any atom is 0.131 e. The lowest BCUT2D eigenvalue weighted by Gasteiger charge is -2.21. The maximum atomic E-state index is 5.63. The molecular weight excluding hydrogens is 310 g/mol. The standard InChI is InChI=1S/C22H21NO2/c1-24-19-13-18-9-10-23-20(22(18)21(14-19)25-2)12-15-7-8-16-5-3-4-6-17(16)11-15/h3-8,11,13-14H,9-10,12H2,1-2H3. The largest absolute Gasteiger partial charge is 0.497 e. The highest BCUT2D eigenvalue weighted by atomic mass is 16.5. The summed E-state index contributed by atoms with van der Waals surface area (Å²) in [6, 6.07) is 19.1. The van der Waals surface area contributed by atoms with E-state index in [4.69, 9.17) is 14.5 Å². The summed E-state index contributed by atoms with van der Waals surface area (Å²) >= 11 is 0. The quantitative estimate of drug-likeness (QED) is 0.707. The van der Waals surface area contributed by atoms with Gasteiger partial charge in [-0.3, -0.25) is 4.99 Å². The first-order chi connectivity index (χ1) is 12.3. The Morgan fingerprint density at radius 1 is 0.920 bits per heavy atom. The molecule has 25 heavy (non-hydrogen) atoms. The van der Waals surface area contributed by atoms with Gasteiger partial charge in [-0.05, 0) is 34.4 Å². The number of fused-ring (bicyclic) bond motifs is 2. The molecule has 0 atom stereocenters. The van der Waals surface area contributed by atoms with Gasteiger partial charge in [0.15, 0.2) is 0 Å². The molecule has 0 unspecified atom stereocenters. The van der Waals surface area contributed by atoms with Crippen LogP contribution >= 0.6 is 0 Å². The Bertz CT molecular complexity index is 959. The van der Waals surface area contributed by atoms with E-state index in [1.165, 1.54) is 21.9 Å². The minimum atomic E-state index is 0.806. The van der Waals surface area contributed by atoms with Gasteiger partial charge in [-0.1, -0.05) is 42.5 Å². The number of rotatable bonds is 4. The Kier molecular flexibility index (Phi) is 4.14. The molecule has 3 nitrogen and oxygen atoms in total. The van der Waals surface area contributed by atoms with E-state index in [1.807, 2.05) is 6.07 Å². The molecular formula is C22H21NO2. The van der Waals surface area contributed by atoms with Crippen molar-refractivity contribution in [2.24, 2.45) is 4.99 Å².